The molecule has 0 aliphatic rings. The summed E-state index contributed by atoms with van der Waals surface area (Å²) in [6.07, 6.45) is 6.14. The Balaban J connectivity index is 1.81. The zero-order chi connectivity index (χ0) is 16.2. The van der Waals surface area contributed by atoms with Crippen LogP contribution in [0.1, 0.15) is 26.3 Å². The minimum Gasteiger partial charge on any atom is -0.478 e. The molecule has 0 aliphatic heterocycles. The molecule has 2 heterocycles. The quantitative estimate of drug-likeness (QED) is 0.506. The molecule has 1 amide bonds. The SMILES string of the molecule is O=C(N/N=C/c1c[nH]c2c(C(=O)O)cccc12)c1ccncc1. The van der Waals surface area contributed by atoms with Gasteiger partial charge in [-0.2, -0.15) is 5.10 Å². The lowest BCUT2D eigenvalue weighted by Gasteiger charge is -1.99. The van der Waals surface area contributed by atoms with E-state index >= 15 is 0 Å². The van der Waals surface area contributed by atoms with Gasteiger partial charge in [0.25, 0.3) is 5.91 Å². The van der Waals surface area contributed by atoms with E-state index in [9.17, 15) is 9.59 Å². The second-order valence-corrected chi connectivity index (χ2v) is 4.71. The fraction of sp³-hybridized carbons (Fsp3) is 0. The summed E-state index contributed by atoms with van der Waals surface area (Å²) < 4.78 is 0. The highest BCUT2D eigenvalue weighted by atomic mass is 16.4. The monoisotopic (exact) mass is 308 g/mol. The number of amides is 1. The number of H-pyrrole nitrogens is 1. The molecule has 0 bridgehead atoms. The zero-order valence-electron chi connectivity index (χ0n) is 11.9. The molecule has 0 saturated carbocycles. The second-order valence-electron chi connectivity index (χ2n) is 4.71. The molecule has 7 nitrogen and oxygen atoms in total. The van der Waals surface area contributed by atoms with Gasteiger partial charge >= 0.3 is 5.97 Å². The van der Waals surface area contributed by atoms with Crippen LogP contribution in [-0.4, -0.2) is 33.2 Å². The number of carbonyl (C=O) groups is 2. The lowest BCUT2D eigenvalue weighted by molar-refractivity contribution is 0.0698. The predicted molar refractivity (Wildman–Crippen MR) is 84.6 cm³/mol. The molecule has 0 atom stereocenters. The molecule has 0 fully saturated rings. The van der Waals surface area contributed by atoms with Crippen LogP contribution < -0.4 is 5.43 Å². The molecule has 3 rings (SSSR count). The number of aromatic nitrogens is 2. The summed E-state index contributed by atoms with van der Waals surface area (Å²) in [5.41, 5.74) is 4.24. The van der Waals surface area contributed by atoms with E-state index in [1.54, 1.807) is 30.5 Å². The molecule has 3 aromatic rings. The Morgan fingerprint density at radius 3 is 2.74 bits per heavy atom. The number of pyridine rings is 1. The number of nitrogens with zero attached hydrogens (tertiary/aromatic N) is 2. The number of nitrogens with one attached hydrogen (secondary N) is 2. The molecule has 0 aliphatic carbocycles. The first-order valence-electron chi connectivity index (χ1n) is 6.73. The van der Waals surface area contributed by atoms with Crippen molar-refractivity contribution in [2.24, 2.45) is 5.10 Å². The highest BCUT2D eigenvalue weighted by Gasteiger charge is 2.11. The van der Waals surface area contributed by atoms with Gasteiger partial charge in [-0.25, -0.2) is 10.2 Å². The summed E-state index contributed by atoms with van der Waals surface area (Å²) in [7, 11) is 0. The summed E-state index contributed by atoms with van der Waals surface area (Å²) in [6.45, 7) is 0. The van der Waals surface area contributed by atoms with E-state index in [1.807, 2.05) is 0 Å². The molecular formula is C16H12N4O3. The smallest absolute Gasteiger partial charge is 0.337 e. The lowest BCUT2D eigenvalue weighted by atomic mass is 10.1. The molecule has 0 radical (unpaired) electrons. The van der Waals surface area contributed by atoms with Gasteiger partial charge in [-0.05, 0) is 18.2 Å². The van der Waals surface area contributed by atoms with Crippen LogP contribution in [0.25, 0.3) is 10.9 Å². The van der Waals surface area contributed by atoms with Gasteiger partial charge in [0.1, 0.15) is 0 Å². The molecule has 114 valence electrons. The average Bonchev–Trinajstić information content (AvgIpc) is 2.98. The standard InChI is InChI=1S/C16H12N4O3/c21-15(10-4-6-17-7-5-10)20-19-9-11-8-18-14-12(11)2-1-3-13(14)16(22)23/h1-9,18H,(H,20,21)(H,22,23)/b19-9+. The van der Waals surface area contributed by atoms with E-state index in [4.69, 9.17) is 5.11 Å². The van der Waals surface area contributed by atoms with E-state index < -0.39 is 5.97 Å². The van der Waals surface area contributed by atoms with Crippen molar-refractivity contribution < 1.29 is 14.7 Å². The van der Waals surface area contributed by atoms with Gasteiger partial charge in [-0.3, -0.25) is 9.78 Å². The van der Waals surface area contributed by atoms with E-state index in [0.29, 0.717) is 22.0 Å². The first-order chi connectivity index (χ1) is 11.2. The van der Waals surface area contributed by atoms with Crippen molar-refractivity contribution in [3.8, 4) is 0 Å². The molecule has 7 heteroatoms. The molecule has 0 spiro atoms. The number of hydrazone groups is 1. The summed E-state index contributed by atoms with van der Waals surface area (Å²) in [5.74, 6) is -1.36. The second kappa shape index (κ2) is 6.10. The van der Waals surface area contributed by atoms with Gasteiger partial charge in [-0.1, -0.05) is 12.1 Å². The molecule has 0 saturated heterocycles. The minimum atomic E-state index is -1.01. The number of benzene rings is 1. The number of carboxylic acid groups (broad SMARTS) is 1. The predicted octanol–water partition coefficient (Wildman–Crippen LogP) is 2.03. The Morgan fingerprint density at radius 1 is 1.22 bits per heavy atom. The molecule has 3 N–H and O–H groups in total. The van der Waals surface area contributed by atoms with Gasteiger partial charge in [0.2, 0.25) is 0 Å². The Morgan fingerprint density at radius 2 is 2.00 bits per heavy atom. The van der Waals surface area contributed by atoms with Crippen LogP contribution in [0, 0.1) is 0 Å². The highest BCUT2D eigenvalue weighted by molar-refractivity contribution is 6.07. The summed E-state index contributed by atoms with van der Waals surface area (Å²) in [6, 6.07) is 8.12. The van der Waals surface area contributed by atoms with Gasteiger partial charge < -0.3 is 10.1 Å². The number of carboxylic acids is 1. The third kappa shape index (κ3) is 2.93. The number of aromatic amines is 1. The van der Waals surface area contributed by atoms with Gasteiger partial charge in [0.15, 0.2) is 0 Å². The summed E-state index contributed by atoms with van der Waals surface area (Å²) in [5, 5.41) is 13.8. The summed E-state index contributed by atoms with van der Waals surface area (Å²) in [4.78, 5) is 29.8. The maximum atomic E-state index is 11.8. The Bertz CT molecular complexity index is 900. The topological polar surface area (TPSA) is 107 Å². The van der Waals surface area contributed by atoms with E-state index in [2.05, 4.69) is 20.5 Å². The lowest BCUT2D eigenvalue weighted by Crippen LogP contribution is -2.17. The highest BCUT2D eigenvalue weighted by Crippen LogP contribution is 2.20. The largest absolute Gasteiger partial charge is 0.478 e. The van der Waals surface area contributed by atoms with Crippen molar-refractivity contribution in [1.29, 1.82) is 0 Å². The van der Waals surface area contributed by atoms with E-state index in [-0.39, 0.29) is 11.5 Å². The Hall–Kier alpha value is -3.48. The van der Waals surface area contributed by atoms with Crippen molar-refractivity contribution in [3.63, 3.8) is 0 Å². The van der Waals surface area contributed by atoms with Crippen molar-refractivity contribution in [2.75, 3.05) is 0 Å². The zero-order valence-corrected chi connectivity index (χ0v) is 11.9. The number of fused-ring (bicyclic) bond motifs is 1. The van der Waals surface area contributed by atoms with Crippen LogP contribution in [0.2, 0.25) is 0 Å². The first-order valence-corrected chi connectivity index (χ1v) is 6.73. The maximum Gasteiger partial charge on any atom is 0.337 e. The number of rotatable bonds is 4. The third-order valence-electron chi connectivity index (χ3n) is 3.29. The molecule has 23 heavy (non-hydrogen) atoms. The molecule has 2 aromatic heterocycles. The average molecular weight is 308 g/mol. The number of aromatic carboxylic acids is 1. The maximum absolute atomic E-state index is 11.8. The van der Waals surface area contributed by atoms with E-state index in [0.717, 1.165) is 0 Å². The van der Waals surface area contributed by atoms with Crippen molar-refractivity contribution in [1.82, 2.24) is 15.4 Å². The third-order valence-corrected chi connectivity index (χ3v) is 3.29. The number of hydrogen-bond donors (Lipinski definition) is 3. The van der Waals surface area contributed by atoms with Crippen LogP contribution in [0.15, 0.2) is 54.0 Å². The molecule has 1 aromatic carbocycles. The van der Waals surface area contributed by atoms with Gasteiger partial charge in [0.05, 0.1) is 17.3 Å². The van der Waals surface area contributed by atoms with Crippen LogP contribution >= 0.6 is 0 Å². The van der Waals surface area contributed by atoms with Crippen LogP contribution in [0.5, 0.6) is 0 Å². The normalized spacial score (nSPS) is 11.0. The number of carbonyl (C=O) groups excluding carboxylic acids is 1. The van der Waals surface area contributed by atoms with Crippen molar-refractivity contribution in [3.05, 3.63) is 65.6 Å². The fourth-order valence-electron chi connectivity index (χ4n) is 2.19. The van der Waals surface area contributed by atoms with Crippen molar-refractivity contribution in [2.45, 2.75) is 0 Å². The first kappa shape index (κ1) is 14.5. The molecular weight excluding hydrogens is 296 g/mol. The van der Waals surface area contributed by atoms with Gasteiger partial charge in [0, 0.05) is 35.1 Å². The summed E-state index contributed by atoms with van der Waals surface area (Å²) >= 11 is 0. The number of para-hydroxylation sites is 1. The Kier molecular flexibility index (Phi) is 3.84. The van der Waals surface area contributed by atoms with Crippen molar-refractivity contribution >= 4 is 29.0 Å². The Labute approximate surface area is 130 Å². The van der Waals surface area contributed by atoms with Crippen LogP contribution in [0.4, 0.5) is 0 Å². The van der Waals surface area contributed by atoms with Gasteiger partial charge in [-0.15, -0.1) is 0 Å². The minimum absolute atomic E-state index is 0.183. The van der Waals surface area contributed by atoms with Crippen LogP contribution in [-0.2, 0) is 0 Å². The number of hydrogen-bond acceptors (Lipinski definition) is 4. The fourth-order valence-corrected chi connectivity index (χ4v) is 2.19. The van der Waals surface area contributed by atoms with E-state index in [1.165, 1.54) is 24.7 Å². The van der Waals surface area contributed by atoms with Crippen LogP contribution in [0.3, 0.4) is 0 Å². The molecule has 0 unspecified atom stereocenters.